The highest BCUT2D eigenvalue weighted by Gasteiger charge is 2.50. The number of carboxylic acid groups (broad SMARTS) is 1. The number of carbonyl (C=O) groups excluding carboxylic acids is 5. The van der Waals surface area contributed by atoms with Gasteiger partial charge in [-0.25, -0.2) is 32.9 Å². The number of carboxylic acids is 1. The van der Waals surface area contributed by atoms with E-state index in [9.17, 15) is 76.5 Å². The molecule has 69 heavy (non-hydrogen) atoms. The molecule has 1 aliphatic rings. The maximum absolute atomic E-state index is 12.7. The van der Waals surface area contributed by atoms with Crippen LogP contribution in [-0.2, 0) is 76.2 Å². The molecule has 0 aliphatic carbocycles. The third kappa shape index (κ3) is 19.6. The minimum Gasteiger partial charge on any atom is -0.480 e. The molecule has 1 fully saturated rings. The van der Waals surface area contributed by atoms with Crippen molar-refractivity contribution >= 4 is 98.0 Å². The number of hydrogen-bond donors (Lipinski definition) is 14. The van der Waals surface area contributed by atoms with Crippen molar-refractivity contribution in [1.82, 2.24) is 40.8 Å². The van der Waals surface area contributed by atoms with Crippen LogP contribution >= 0.6 is 35.2 Å². The predicted molar refractivity (Wildman–Crippen MR) is 233 cm³/mol. The van der Waals surface area contributed by atoms with E-state index in [0.717, 1.165) is 17.2 Å². The van der Waals surface area contributed by atoms with Crippen LogP contribution in [0.25, 0.3) is 11.2 Å². The Hall–Kier alpha value is -3.96. The monoisotopic (exact) mass is 1090 g/mol. The number of imidazole rings is 1. The van der Waals surface area contributed by atoms with Crippen molar-refractivity contribution in [3.63, 3.8) is 0 Å². The number of thioether (sulfide) groups is 1. The minimum atomic E-state index is -5.64. The number of nitrogen functional groups attached to an aromatic ring is 1. The Morgan fingerprint density at radius 3 is 2.28 bits per heavy atom. The molecule has 1 saturated heterocycles. The summed E-state index contributed by atoms with van der Waals surface area (Å²) in [4.78, 5) is 123. The van der Waals surface area contributed by atoms with Crippen molar-refractivity contribution in [1.29, 1.82) is 0 Å². The first-order valence-electron chi connectivity index (χ1n) is 19.6. The number of amides is 4. The van der Waals surface area contributed by atoms with E-state index in [0.29, 0.717) is 11.8 Å². The van der Waals surface area contributed by atoms with Crippen LogP contribution in [0.4, 0.5) is 5.82 Å². The number of fused-ring (bicyclic) bond motifs is 1. The number of aliphatic carboxylic acids is 1. The third-order valence-corrected chi connectivity index (χ3v) is 13.8. The van der Waals surface area contributed by atoms with Gasteiger partial charge in [0.1, 0.15) is 48.8 Å². The molecule has 1 aliphatic heterocycles. The summed E-state index contributed by atoms with van der Waals surface area (Å²) >= 11 is -1.81. The molecule has 0 aromatic carbocycles. The molecular weight excluding hydrogens is 1040 g/mol. The van der Waals surface area contributed by atoms with E-state index in [-0.39, 0.29) is 55.1 Å². The fourth-order valence-corrected chi connectivity index (χ4v) is 9.76. The average Bonchev–Trinajstić information content (AvgIpc) is 3.80. The van der Waals surface area contributed by atoms with E-state index in [1.807, 2.05) is 5.32 Å². The summed E-state index contributed by atoms with van der Waals surface area (Å²) < 4.78 is 82.4. The van der Waals surface area contributed by atoms with Crippen molar-refractivity contribution in [2.24, 2.45) is 11.1 Å². The third-order valence-electron chi connectivity index (χ3n) is 9.11. The number of anilines is 1. The highest BCUT2D eigenvalue weighted by atomic mass is 32.2. The first kappa shape index (κ1) is 59.3. The lowest BCUT2D eigenvalue weighted by atomic mass is 9.87. The van der Waals surface area contributed by atoms with Gasteiger partial charge in [0.15, 0.2) is 28.8 Å². The normalized spacial score (nSPS) is 21.0. The number of phosphoric ester groups is 3. The van der Waals surface area contributed by atoms with E-state index in [4.69, 9.17) is 34.9 Å². The summed E-state index contributed by atoms with van der Waals surface area (Å²) in [6, 6.07) is -2.70. The molecule has 8 unspecified atom stereocenters. The van der Waals surface area contributed by atoms with E-state index >= 15 is 0 Å². The topological polar surface area (TPSA) is 522 Å². The van der Waals surface area contributed by atoms with Gasteiger partial charge in [-0.2, -0.15) is 4.31 Å². The highest BCUT2D eigenvalue weighted by molar-refractivity contribution is 8.13. The molecule has 33 nitrogen and oxygen atoms in total. The second-order valence-corrected chi connectivity index (χ2v) is 21.4. The first-order valence-corrected chi connectivity index (χ1v) is 26.4. The molecule has 2 aromatic rings. The summed E-state index contributed by atoms with van der Waals surface area (Å²) in [6.07, 6.45) is -7.96. The maximum atomic E-state index is 12.7. The Balaban J connectivity index is 1.39. The molecule has 2 aromatic heterocycles. The van der Waals surface area contributed by atoms with E-state index in [1.165, 1.54) is 13.8 Å². The summed E-state index contributed by atoms with van der Waals surface area (Å²) in [6.45, 7) is -0.942. The first-order chi connectivity index (χ1) is 31.9. The molecule has 390 valence electrons. The van der Waals surface area contributed by atoms with Crippen molar-refractivity contribution in [2.75, 3.05) is 50.1 Å². The number of phosphoric acid groups is 3. The number of carbonyl (C=O) groups is 6. The van der Waals surface area contributed by atoms with Gasteiger partial charge < -0.3 is 76.9 Å². The van der Waals surface area contributed by atoms with Gasteiger partial charge in [0, 0.05) is 37.1 Å². The molecule has 3 heterocycles. The molecule has 10 atom stereocenters. The lowest BCUT2D eigenvalue weighted by Crippen LogP contribution is -2.50. The molecule has 0 radical (unpaired) electrons. The Kier molecular flexibility index (Phi) is 22.3. The van der Waals surface area contributed by atoms with Gasteiger partial charge in [0.25, 0.3) is 0 Å². The Morgan fingerprint density at radius 2 is 1.64 bits per heavy atom. The van der Waals surface area contributed by atoms with Gasteiger partial charge in [0.05, 0.1) is 31.3 Å². The fraction of sp³-hybridized carbons (Fsp3) is 0.645. The summed E-state index contributed by atoms with van der Waals surface area (Å²) in [5.74, 6) is -5.68. The second kappa shape index (κ2) is 25.9. The number of nitrogens with one attached hydrogen (secondary N) is 4. The summed E-state index contributed by atoms with van der Waals surface area (Å²) in [5.41, 5.74) is 9.93. The number of nitrogens with two attached hydrogens (primary N) is 2. The maximum Gasteiger partial charge on any atom is 0.481 e. The Bertz CT molecular complexity index is 2340. The van der Waals surface area contributed by atoms with Crippen LogP contribution in [0, 0.1) is 5.41 Å². The smallest absolute Gasteiger partial charge is 0.480 e. The highest BCUT2D eigenvalue weighted by Crippen LogP contribution is 2.61. The van der Waals surface area contributed by atoms with Crippen molar-refractivity contribution in [3.8, 4) is 0 Å². The van der Waals surface area contributed by atoms with E-state index in [2.05, 4.69) is 39.7 Å². The summed E-state index contributed by atoms with van der Waals surface area (Å²) in [5, 5.41) is 38.5. The number of aliphatic hydroxyl groups excluding tert-OH is 2. The Labute approximate surface area is 396 Å². The quantitative estimate of drug-likeness (QED) is 0.0208. The number of aliphatic hydroxyl groups is 2. The zero-order valence-electron chi connectivity index (χ0n) is 36.1. The number of nitrogens with zero attached hydrogens (tertiary/aromatic N) is 4. The lowest BCUT2D eigenvalue weighted by molar-refractivity contribution is -0.138. The van der Waals surface area contributed by atoms with Crippen LogP contribution in [0.5, 0.6) is 0 Å². The van der Waals surface area contributed by atoms with Crippen LogP contribution in [0.15, 0.2) is 12.7 Å². The molecule has 3 rings (SSSR count). The predicted octanol–water partition coefficient (Wildman–Crippen LogP) is -4.32. The van der Waals surface area contributed by atoms with Gasteiger partial charge >= 0.3 is 29.4 Å². The molecule has 0 spiro atoms. The fourth-order valence-electron chi connectivity index (χ4n) is 5.67. The van der Waals surface area contributed by atoms with Crippen LogP contribution in [0.2, 0.25) is 0 Å². The van der Waals surface area contributed by atoms with Crippen LogP contribution in [-0.4, -0.2) is 179 Å². The molecule has 16 N–H and O–H groups in total. The van der Waals surface area contributed by atoms with Crippen molar-refractivity contribution in [3.05, 3.63) is 12.7 Å². The second-order valence-electron chi connectivity index (χ2n) is 15.1. The zero-order chi connectivity index (χ0) is 52.1. The van der Waals surface area contributed by atoms with Crippen LogP contribution in [0.1, 0.15) is 39.3 Å². The lowest BCUT2D eigenvalue weighted by Gasteiger charge is -2.30. The van der Waals surface area contributed by atoms with Crippen molar-refractivity contribution in [2.45, 2.75) is 75.8 Å². The van der Waals surface area contributed by atoms with Crippen molar-refractivity contribution < 1.29 is 109 Å². The van der Waals surface area contributed by atoms with Gasteiger partial charge in [-0.15, -0.1) is 0 Å². The minimum absolute atomic E-state index is 0.0000812. The van der Waals surface area contributed by atoms with E-state index < -0.39 is 143 Å². The molecule has 0 saturated carbocycles. The molecule has 38 heteroatoms. The van der Waals surface area contributed by atoms with E-state index in [1.54, 1.807) is 0 Å². The zero-order valence-corrected chi connectivity index (χ0v) is 40.4. The number of ether oxygens (including phenoxy) is 1. The number of rotatable bonds is 29. The molecule has 0 bridgehead atoms. The number of hydrogen-bond acceptors (Lipinski definition) is 23. The Morgan fingerprint density at radius 1 is 0.971 bits per heavy atom. The van der Waals surface area contributed by atoms with Gasteiger partial charge in [-0.1, -0.05) is 25.6 Å². The molecular formula is C31H51N10O23P3S2. The molecule has 4 amide bonds. The van der Waals surface area contributed by atoms with Gasteiger partial charge in [-0.3, -0.25) is 46.9 Å². The van der Waals surface area contributed by atoms with Crippen LogP contribution in [0.3, 0.4) is 0 Å². The SMILES string of the molecule is CC(C)(COP(=O)(O)OP(=O)(O)OCC1OC(n2cnc3c(N)ncnc32)C(O)C1OP(=O)(O)O)C(O)C(=O)NCCC(=O)NCCSC(=O)[C@@H](N)CCC(=O)N[C@@H](CS(=O)O)C(=O)NCC(=O)O. The standard InChI is InChI=1S/C31H51N10O23P3S2/c1-31(2,24(47)28(49)35-6-5-18(42)34-7-8-68-30(50)15(32)3-4-19(43)40-16(11-69(58)59)27(48)36-9-20(44)45)12-61-67(56,57)64-66(54,55)60-10-17-23(63-65(51,52)53)22(46)29(62-17)41-14-39-21-25(33)37-13-38-26(21)41/h13-17,22-24,29,46-47H,3-12,32H2,1-2H3,(H,34,42)(H,35,49)(H,36,48)(H,40,43)(H,44,45)(H,54,55)(H,56,57)(H,58,59)(H2,33,37,38)(H2,51,52,53)/t15-,16-,17?,22?,23?,24?,29?/m0/s1. The van der Waals surface area contributed by atoms with Gasteiger partial charge in [-0.05, 0) is 6.42 Å². The number of aromatic nitrogens is 4. The largest absolute Gasteiger partial charge is 0.481 e. The summed E-state index contributed by atoms with van der Waals surface area (Å²) in [7, 11) is -16.6. The average molecular weight is 1090 g/mol. The van der Waals surface area contributed by atoms with Gasteiger partial charge in [0.2, 0.25) is 28.7 Å². The van der Waals surface area contributed by atoms with Crippen LogP contribution < -0.4 is 32.7 Å².